The van der Waals surface area contributed by atoms with E-state index in [4.69, 9.17) is 9.15 Å². The van der Waals surface area contributed by atoms with Gasteiger partial charge in [-0.3, -0.25) is 9.69 Å². The Balaban J connectivity index is 1.51. The molecule has 1 aliphatic heterocycles. The van der Waals surface area contributed by atoms with E-state index >= 15 is 0 Å². The zero-order chi connectivity index (χ0) is 21.9. The van der Waals surface area contributed by atoms with E-state index in [0.29, 0.717) is 6.54 Å². The molecule has 8 heteroatoms. The fraction of sp³-hybridized carbons (Fsp3) is 0.545. The molecule has 1 aliphatic rings. The summed E-state index contributed by atoms with van der Waals surface area (Å²) in [5.74, 6) is -1.29. The van der Waals surface area contributed by atoms with Crippen molar-refractivity contribution in [2.24, 2.45) is 0 Å². The second-order valence-electron chi connectivity index (χ2n) is 8.47. The van der Waals surface area contributed by atoms with Crippen molar-refractivity contribution in [3.05, 3.63) is 41.9 Å². The Labute approximate surface area is 175 Å². The molecule has 0 spiro atoms. The van der Waals surface area contributed by atoms with Gasteiger partial charge >= 0.3 is 0 Å². The fourth-order valence-corrected chi connectivity index (χ4v) is 3.68. The van der Waals surface area contributed by atoms with E-state index in [1.807, 2.05) is 0 Å². The highest BCUT2D eigenvalue weighted by molar-refractivity contribution is 5.76. The number of ether oxygens (including phenoxy) is 1. The second kappa shape index (κ2) is 9.22. The van der Waals surface area contributed by atoms with Crippen LogP contribution in [0.3, 0.4) is 0 Å². The summed E-state index contributed by atoms with van der Waals surface area (Å²) in [7, 11) is 0. The van der Waals surface area contributed by atoms with Crippen molar-refractivity contribution in [1.29, 1.82) is 0 Å². The van der Waals surface area contributed by atoms with E-state index < -0.39 is 11.6 Å². The molecule has 2 atom stereocenters. The lowest BCUT2D eigenvalue weighted by molar-refractivity contribution is -0.123. The molecule has 164 valence electrons. The van der Waals surface area contributed by atoms with Gasteiger partial charge in [-0.15, -0.1) is 0 Å². The first-order chi connectivity index (χ1) is 14.2. The van der Waals surface area contributed by atoms with E-state index in [-0.39, 0.29) is 53.7 Å². The number of hydrogen-bond donors (Lipinski definition) is 1. The van der Waals surface area contributed by atoms with Crippen molar-refractivity contribution >= 4 is 5.91 Å². The van der Waals surface area contributed by atoms with Gasteiger partial charge in [0.2, 0.25) is 5.91 Å². The van der Waals surface area contributed by atoms with Crippen LogP contribution in [-0.2, 0) is 16.0 Å². The van der Waals surface area contributed by atoms with Gasteiger partial charge in [0.25, 0.3) is 0 Å². The lowest BCUT2D eigenvalue weighted by atomic mass is 10.00. The van der Waals surface area contributed by atoms with E-state index in [2.05, 4.69) is 42.9 Å². The van der Waals surface area contributed by atoms with Crippen molar-refractivity contribution < 1.29 is 22.7 Å². The van der Waals surface area contributed by atoms with Crippen LogP contribution >= 0.6 is 0 Å². The number of nitrogens with zero attached hydrogens (tertiary/aromatic N) is 2. The van der Waals surface area contributed by atoms with Gasteiger partial charge in [0.15, 0.2) is 11.7 Å². The monoisotopic (exact) mass is 421 g/mol. The molecule has 1 aromatic heterocycles. The number of aryl methyl sites for hydroxylation is 1. The quantitative estimate of drug-likeness (QED) is 0.741. The number of amides is 1. The third-order valence-electron chi connectivity index (χ3n) is 5.32. The summed E-state index contributed by atoms with van der Waals surface area (Å²) < 4.78 is 39.0. The third-order valence-corrected chi connectivity index (χ3v) is 5.32. The van der Waals surface area contributed by atoms with Crippen molar-refractivity contribution in [2.75, 3.05) is 19.6 Å². The maximum atomic E-state index is 13.9. The van der Waals surface area contributed by atoms with Crippen LogP contribution in [0.1, 0.15) is 40.0 Å². The van der Waals surface area contributed by atoms with Gasteiger partial charge in [-0.25, -0.2) is 13.8 Å². The Morgan fingerprint density at radius 3 is 2.50 bits per heavy atom. The fourth-order valence-electron chi connectivity index (χ4n) is 3.68. The van der Waals surface area contributed by atoms with Gasteiger partial charge in [0.1, 0.15) is 11.6 Å². The lowest BCUT2D eigenvalue weighted by Gasteiger charge is -2.45. The number of rotatable bonds is 7. The average Bonchev–Trinajstić information content (AvgIpc) is 3.12. The zero-order valence-corrected chi connectivity index (χ0v) is 17.9. The molecule has 1 fully saturated rings. The van der Waals surface area contributed by atoms with Crippen molar-refractivity contribution in [1.82, 2.24) is 15.2 Å². The molecule has 0 radical (unpaired) electrons. The van der Waals surface area contributed by atoms with Gasteiger partial charge in [-0.1, -0.05) is 6.07 Å². The van der Waals surface area contributed by atoms with Crippen LogP contribution in [0.5, 0.6) is 0 Å². The maximum Gasteiger partial charge on any atom is 0.220 e. The molecule has 1 amide bonds. The highest BCUT2D eigenvalue weighted by Crippen LogP contribution is 2.27. The minimum absolute atomic E-state index is 0.0118. The summed E-state index contributed by atoms with van der Waals surface area (Å²) in [5.41, 5.74) is -0.461. The Hall–Kier alpha value is -2.32. The topological polar surface area (TPSA) is 67.6 Å². The van der Waals surface area contributed by atoms with Crippen LogP contribution in [0.25, 0.3) is 11.3 Å². The second-order valence-corrected chi connectivity index (χ2v) is 8.47. The molecule has 2 unspecified atom stereocenters. The van der Waals surface area contributed by atoms with Gasteiger partial charge in [0, 0.05) is 38.0 Å². The van der Waals surface area contributed by atoms with Gasteiger partial charge < -0.3 is 14.5 Å². The first kappa shape index (κ1) is 22.4. The van der Waals surface area contributed by atoms with Gasteiger partial charge in [-0.2, -0.15) is 0 Å². The molecule has 1 aromatic carbocycles. The molecule has 2 heterocycles. The van der Waals surface area contributed by atoms with Crippen LogP contribution in [-0.4, -0.2) is 53.2 Å². The molecule has 0 saturated carbocycles. The zero-order valence-electron chi connectivity index (χ0n) is 17.9. The predicted octanol–water partition coefficient (Wildman–Crippen LogP) is 3.56. The molecule has 3 rings (SSSR count). The van der Waals surface area contributed by atoms with Crippen molar-refractivity contribution in [3.63, 3.8) is 0 Å². The first-order valence-corrected chi connectivity index (χ1v) is 10.2. The summed E-state index contributed by atoms with van der Waals surface area (Å²) in [6.45, 7) is 10.4. The average molecular weight is 421 g/mol. The Bertz CT molecular complexity index is 854. The number of aromatic nitrogens is 1. The normalized spacial score (nSPS) is 20.3. The number of oxazole rings is 1. The van der Waals surface area contributed by atoms with Crippen LogP contribution in [0, 0.1) is 11.6 Å². The van der Waals surface area contributed by atoms with E-state index in [1.54, 1.807) is 0 Å². The SMILES string of the molecule is CC1CN(C(C)(C)CNC(=O)CCc2ncc(-c3c(F)cccc3F)o2)CC(C)O1. The summed E-state index contributed by atoms with van der Waals surface area (Å²) in [6.07, 6.45) is 2.00. The Kier molecular flexibility index (Phi) is 6.88. The molecule has 1 N–H and O–H groups in total. The number of hydrogen-bond acceptors (Lipinski definition) is 5. The van der Waals surface area contributed by atoms with Crippen LogP contribution in [0.2, 0.25) is 0 Å². The number of nitrogens with one attached hydrogen (secondary N) is 1. The standard InChI is InChI=1S/C22H29F2N3O3/c1-14-11-27(12-15(2)29-14)22(3,4)13-26-19(28)8-9-20-25-10-18(30-20)21-16(23)6-5-7-17(21)24/h5-7,10,14-15H,8-9,11-13H2,1-4H3,(H,26,28). The lowest BCUT2D eigenvalue weighted by Crippen LogP contribution is -2.58. The van der Waals surface area contributed by atoms with Gasteiger partial charge in [-0.05, 0) is 39.8 Å². The number of carbonyl (C=O) groups is 1. The third kappa shape index (κ3) is 5.43. The van der Waals surface area contributed by atoms with Crippen molar-refractivity contribution in [3.8, 4) is 11.3 Å². The number of carbonyl (C=O) groups excluding carboxylic acids is 1. The number of morpholine rings is 1. The van der Waals surface area contributed by atoms with E-state index in [0.717, 1.165) is 25.2 Å². The maximum absolute atomic E-state index is 13.9. The van der Waals surface area contributed by atoms with Crippen molar-refractivity contribution in [2.45, 2.75) is 58.3 Å². The van der Waals surface area contributed by atoms with Crippen LogP contribution < -0.4 is 5.32 Å². The number of halogens is 2. The molecular weight excluding hydrogens is 392 g/mol. The van der Waals surface area contributed by atoms with Gasteiger partial charge in [0.05, 0.1) is 24.0 Å². The summed E-state index contributed by atoms with van der Waals surface area (Å²) >= 11 is 0. The molecule has 0 aliphatic carbocycles. The molecule has 6 nitrogen and oxygen atoms in total. The first-order valence-electron chi connectivity index (χ1n) is 10.2. The Morgan fingerprint density at radius 1 is 1.23 bits per heavy atom. The molecule has 30 heavy (non-hydrogen) atoms. The largest absolute Gasteiger partial charge is 0.441 e. The predicted molar refractivity (Wildman–Crippen MR) is 109 cm³/mol. The minimum atomic E-state index is -0.718. The molecule has 1 saturated heterocycles. The summed E-state index contributed by atoms with van der Waals surface area (Å²) in [4.78, 5) is 18.7. The molecule has 2 aromatic rings. The van der Waals surface area contributed by atoms with Crippen LogP contribution in [0.4, 0.5) is 8.78 Å². The smallest absolute Gasteiger partial charge is 0.220 e. The highest BCUT2D eigenvalue weighted by Gasteiger charge is 2.33. The molecular formula is C22H29F2N3O3. The van der Waals surface area contributed by atoms with E-state index in [1.165, 1.54) is 12.3 Å². The highest BCUT2D eigenvalue weighted by atomic mass is 19.1. The summed E-state index contributed by atoms with van der Waals surface area (Å²) in [6, 6.07) is 3.60. The minimum Gasteiger partial charge on any atom is -0.441 e. The number of benzene rings is 1. The Morgan fingerprint density at radius 2 is 1.87 bits per heavy atom. The van der Waals surface area contributed by atoms with E-state index in [9.17, 15) is 13.6 Å². The summed E-state index contributed by atoms with van der Waals surface area (Å²) in [5, 5.41) is 2.97. The molecule has 0 bridgehead atoms. The van der Waals surface area contributed by atoms with Crippen LogP contribution in [0.15, 0.2) is 28.8 Å².